The third kappa shape index (κ3) is 3.30. The van der Waals surface area contributed by atoms with Gasteiger partial charge in [-0.05, 0) is 45.5 Å². The van der Waals surface area contributed by atoms with Crippen LogP contribution in [0.4, 0.5) is 22.0 Å². The molecule has 0 radical (unpaired) electrons. The van der Waals surface area contributed by atoms with E-state index in [1.165, 1.54) is 25.3 Å². The maximum atomic E-state index is 15.3. The molecule has 1 nitrogen and oxygen atoms in total. The number of ether oxygens (including phenoxy) is 1. The molecule has 5 rings (SSSR count). The van der Waals surface area contributed by atoms with Gasteiger partial charge in [-0.1, -0.05) is 42.5 Å². The maximum Gasteiger partial charge on any atom is 0.159 e. The molecule has 0 N–H and O–H groups in total. The molecule has 0 amide bonds. The fraction of sp³-hybridized carbons (Fsp3) is 0.0370. The van der Waals surface area contributed by atoms with Gasteiger partial charge in [0.05, 0.1) is 12.7 Å². The highest BCUT2D eigenvalue weighted by atomic mass is 19.2. The first kappa shape index (κ1) is 20.9. The molecular weight excluding hydrogens is 435 g/mol. The lowest BCUT2D eigenvalue weighted by Crippen LogP contribution is -1.98. The van der Waals surface area contributed by atoms with Crippen LogP contribution in [0.1, 0.15) is 0 Å². The largest absolute Gasteiger partial charge is 0.497 e. The minimum absolute atomic E-state index is 0.0127. The molecule has 0 bridgehead atoms. The predicted molar refractivity (Wildman–Crippen MR) is 119 cm³/mol. The van der Waals surface area contributed by atoms with E-state index >= 15 is 13.2 Å². The van der Waals surface area contributed by atoms with Crippen molar-refractivity contribution in [2.75, 3.05) is 7.11 Å². The molecule has 6 heteroatoms. The molecule has 0 aliphatic heterocycles. The van der Waals surface area contributed by atoms with E-state index in [-0.39, 0.29) is 16.7 Å². The highest BCUT2D eigenvalue weighted by Crippen LogP contribution is 2.46. The third-order valence-corrected chi connectivity index (χ3v) is 5.71. The maximum absolute atomic E-state index is 15.3. The van der Waals surface area contributed by atoms with Gasteiger partial charge in [0.2, 0.25) is 0 Å². The van der Waals surface area contributed by atoms with E-state index in [0.717, 1.165) is 24.3 Å². The Morgan fingerprint density at radius 3 is 1.79 bits per heavy atom. The van der Waals surface area contributed by atoms with Crippen LogP contribution >= 0.6 is 0 Å². The van der Waals surface area contributed by atoms with E-state index in [2.05, 4.69) is 0 Å². The fourth-order valence-electron chi connectivity index (χ4n) is 4.31. The molecule has 0 fully saturated rings. The number of benzene rings is 5. The number of rotatable bonds is 3. The molecular formula is C27H15F5O. The summed E-state index contributed by atoms with van der Waals surface area (Å²) in [6.07, 6.45) is 0. The zero-order valence-corrected chi connectivity index (χ0v) is 17.2. The summed E-state index contributed by atoms with van der Waals surface area (Å²) in [5, 5.41) is 1.15. The molecule has 0 aromatic heterocycles. The van der Waals surface area contributed by atoms with Crippen molar-refractivity contribution in [2.24, 2.45) is 0 Å². The van der Waals surface area contributed by atoms with Crippen LogP contribution in [0.2, 0.25) is 0 Å². The monoisotopic (exact) mass is 450 g/mol. The van der Waals surface area contributed by atoms with Gasteiger partial charge in [-0.3, -0.25) is 0 Å². The number of methoxy groups -OCH3 is 1. The zero-order valence-electron chi connectivity index (χ0n) is 17.2. The van der Waals surface area contributed by atoms with Gasteiger partial charge in [-0.2, -0.15) is 0 Å². The topological polar surface area (TPSA) is 9.23 Å². The van der Waals surface area contributed by atoms with E-state index < -0.39 is 34.6 Å². The van der Waals surface area contributed by atoms with Crippen molar-refractivity contribution in [3.8, 4) is 28.0 Å². The van der Waals surface area contributed by atoms with Crippen LogP contribution in [0.25, 0.3) is 43.8 Å². The molecule has 0 unspecified atom stereocenters. The van der Waals surface area contributed by atoms with E-state index in [9.17, 15) is 8.78 Å². The zero-order chi connectivity index (χ0) is 23.3. The third-order valence-electron chi connectivity index (χ3n) is 5.71. The van der Waals surface area contributed by atoms with Crippen molar-refractivity contribution in [1.82, 2.24) is 0 Å². The quantitative estimate of drug-likeness (QED) is 0.200. The summed E-state index contributed by atoms with van der Waals surface area (Å²) in [4.78, 5) is 0. The summed E-state index contributed by atoms with van der Waals surface area (Å²) < 4.78 is 78.3. The Labute approximate surface area is 185 Å². The minimum Gasteiger partial charge on any atom is -0.497 e. The van der Waals surface area contributed by atoms with Crippen LogP contribution in [-0.4, -0.2) is 7.11 Å². The van der Waals surface area contributed by atoms with Gasteiger partial charge in [0.25, 0.3) is 0 Å². The van der Waals surface area contributed by atoms with Gasteiger partial charge < -0.3 is 4.74 Å². The summed E-state index contributed by atoms with van der Waals surface area (Å²) in [5.41, 5.74) is 0.363. The lowest BCUT2D eigenvalue weighted by atomic mass is 9.85. The Kier molecular flexibility index (Phi) is 5.01. The SMILES string of the molecule is COc1cc(F)c(-c2c3ccccc3c(-c3ccc(F)c(F)c3)c3cccc(F)c23)c(F)c1. The first-order valence-electron chi connectivity index (χ1n) is 10.0. The van der Waals surface area contributed by atoms with Crippen LogP contribution in [0.5, 0.6) is 5.75 Å². The van der Waals surface area contributed by atoms with Crippen molar-refractivity contribution in [3.05, 3.63) is 102 Å². The molecule has 0 aliphatic rings. The molecule has 0 saturated carbocycles. The fourth-order valence-corrected chi connectivity index (χ4v) is 4.31. The van der Waals surface area contributed by atoms with E-state index in [1.807, 2.05) is 0 Å². The van der Waals surface area contributed by atoms with E-state index in [1.54, 1.807) is 30.3 Å². The molecule has 164 valence electrons. The van der Waals surface area contributed by atoms with Crippen LogP contribution in [0, 0.1) is 29.1 Å². The Morgan fingerprint density at radius 2 is 1.15 bits per heavy atom. The normalized spacial score (nSPS) is 11.3. The Balaban J connectivity index is 2.01. The van der Waals surface area contributed by atoms with Gasteiger partial charge in [-0.15, -0.1) is 0 Å². The lowest BCUT2D eigenvalue weighted by molar-refractivity contribution is 0.407. The van der Waals surface area contributed by atoms with Crippen LogP contribution < -0.4 is 4.74 Å². The van der Waals surface area contributed by atoms with Crippen molar-refractivity contribution >= 4 is 21.5 Å². The average Bonchev–Trinajstić information content (AvgIpc) is 2.80. The second-order valence-corrected chi connectivity index (χ2v) is 7.55. The van der Waals surface area contributed by atoms with Crippen molar-refractivity contribution in [3.63, 3.8) is 0 Å². The highest BCUT2D eigenvalue weighted by molar-refractivity contribution is 6.21. The Hall–Kier alpha value is -3.93. The molecule has 5 aromatic rings. The van der Waals surface area contributed by atoms with Crippen LogP contribution in [0.15, 0.2) is 72.8 Å². The van der Waals surface area contributed by atoms with Crippen LogP contribution in [-0.2, 0) is 0 Å². The van der Waals surface area contributed by atoms with Gasteiger partial charge in [0.1, 0.15) is 23.2 Å². The van der Waals surface area contributed by atoms with Crippen molar-refractivity contribution < 1.29 is 26.7 Å². The average molecular weight is 450 g/mol. The number of hydrogen-bond donors (Lipinski definition) is 0. The smallest absolute Gasteiger partial charge is 0.159 e. The van der Waals surface area contributed by atoms with Crippen LogP contribution in [0.3, 0.4) is 0 Å². The van der Waals surface area contributed by atoms with Gasteiger partial charge in [0, 0.05) is 23.1 Å². The Bertz CT molecular complexity index is 1540. The highest BCUT2D eigenvalue weighted by Gasteiger charge is 2.24. The number of fused-ring (bicyclic) bond motifs is 2. The second-order valence-electron chi connectivity index (χ2n) is 7.55. The molecule has 33 heavy (non-hydrogen) atoms. The standard InChI is InChI=1S/C27H15F5O/c1-33-15-12-22(31)27(23(32)13-15)26-17-6-3-2-5-16(17)24(14-9-10-19(28)21(30)11-14)18-7-4-8-20(29)25(18)26/h2-13H,1H3. The van der Waals surface area contributed by atoms with Gasteiger partial charge in [-0.25, -0.2) is 22.0 Å². The van der Waals surface area contributed by atoms with Gasteiger partial charge >= 0.3 is 0 Å². The Morgan fingerprint density at radius 1 is 0.515 bits per heavy atom. The number of halogens is 5. The summed E-state index contributed by atoms with van der Waals surface area (Å²) in [5.74, 6) is -4.62. The first-order chi connectivity index (χ1) is 15.9. The summed E-state index contributed by atoms with van der Waals surface area (Å²) in [6, 6.07) is 16.4. The van der Waals surface area contributed by atoms with Crippen molar-refractivity contribution in [2.45, 2.75) is 0 Å². The molecule has 0 heterocycles. The minimum atomic E-state index is -1.06. The molecule has 0 spiro atoms. The van der Waals surface area contributed by atoms with Crippen molar-refractivity contribution in [1.29, 1.82) is 0 Å². The first-order valence-corrected chi connectivity index (χ1v) is 10.0. The second kappa shape index (κ2) is 7.89. The van der Waals surface area contributed by atoms with E-state index in [4.69, 9.17) is 4.74 Å². The van der Waals surface area contributed by atoms with E-state index in [0.29, 0.717) is 27.3 Å². The summed E-state index contributed by atoms with van der Waals surface area (Å²) in [6.45, 7) is 0. The molecule has 0 atom stereocenters. The summed E-state index contributed by atoms with van der Waals surface area (Å²) in [7, 11) is 1.29. The lowest BCUT2D eigenvalue weighted by Gasteiger charge is -2.19. The molecule has 5 aromatic carbocycles. The number of hydrogen-bond acceptors (Lipinski definition) is 1. The van der Waals surface area contributed by atoms with Gasteiger partial charge in [0.15, 0.2) is 11.6 Å². The predicted octanol–water partition coefficient (Wildman–Crippen LogP) is 8.03. The summed E-state index contributed by atoms with van der Waals surface area (Å²) >= 11 is 0. The molecule has 0 aliphatic carbocycles. The molecule has 0 saturated heterocycles.